The van der Waals surface area contributed by atoms with E-state index in [1.807, 2.05) is 32.9 Å². The number of nitrogens with one attached hydrogen (secondary N) is 1. The summed E-state index contributed by atoms with van der Waals surface area (Å²) in [6.45, 7) is 5.85. The van der Waals surface area contributed by atoms with Gasteiger partial charge in [-0.05, 0) is 31.0 Å². The van der Waals surface area contributed by atoms with Gasteiger partial charge in [0.15, 0.2) is 0 Å². The molecular formula is C12H16ClNO. The first-order valence-electron chi connectivity index (χ1n) is 5.11. The number of rotatable bonds is 3. The van der Waals surface area contributed by atoms with Crippen molar-refractivity contribution in [1.82, 2.24) is 0 Å². The van der Waals surface area contributed by atoms with Crippen LogP contribution in [0.1, 0.15) is 25.8 Å². The maximum absolute atomic E-state index is 11.7. The monoisotopic (exact) mass is 225 g/mol. The van der Waals surface area contributed by atoms with Crippen LogP contribution in [0.5, 0.6) is 0 Å². The fourth-order valence-corrected chi connectivity index (χ4v) is 1.34. The molecule has 0 saturated heterocycles. The number of carbonyl (C=O) groups excluding carboxylic acids is 1. The maximum Gasteiger partial charge on any atom is 0.227 e. The fourth-order valence-electron chi connectivity index (χ4n) is 1.17. The Balaban J connectivity index is 2.80. The number of hydrogen-bond acceptors (Lipinski definition) is 1. The highest BCUT2D eigenvalue weighted by molar-refractivity contribution is 6.31. The van der Waals surface area contributed by atoms with Gasteiger partial charge >= 0.3 is 0 Å². The summed E-state index contributed by atoms with van der Waals surface area (Å²) in [6, 6.07) is 5.49. The van der Waals surface area contributed by atoms with Crippen LogP contribution in [0.25, 0.3) is 0 Å². The van der Waals surface area contributed by atoms with Gasteiger partial charge < -0.3 is 5.32 Å². The molecule has 1 atom stereocenters. The van der Waals surface area contributed by atoms with E-state index in [-0.39, 0.29) is 11.8 Å². The van der Waals surface area contributed by atoms with Crippen LogP contribution < -0.4 is 5.32 Å². The Morgan fingerprint density at radius 3 is 2.80 bits per heavy atom. The predicted octanol–water partition coefficient (Wildman–Crippen LogP) is 3.63. The smallest absolute Gasteiger partial charge is 0.227 e. The first-order valence-corrected chi connectivity index (χ1v) is 5.49. The molecule has 0 bridgehead atoms. The molecule has 82 valence electrons. The van der Waals surface area contributed by atoms with E-state index in [1.165, 1.54) is 0 Å². The van der Waals surface area contributed by atoms with Crippen LogP contribution in [0.15, 0.2) is 18.2 Å². The Kier molecular flexibility index (Phi) is 4.15. The molecule has 1 aromatic carbocycles. The SMILES string of the molecule is CC[C@H](C)C(=O)Nc1cc(Cl)ccc1C. The molecule has 1 N–H and O–H groups in total. The topological polar surface area (TPSA) is 29.1 Å². The van der Waals surface area contributed by atoms with Gasteiger partial charge in [0.1, 0.15) is 0 Å². The van der Waals surface area contributed by atoms with Crippen LogP contribution in [0, 0.1) is 12.8 Å². The van der Waals surface area contributed by atoms with Crippen molar-refractivity contribution in [3.63, 3.8) is 0 Å². The maximum atomic E-state index is 11.7. The molecule has 0 aliphatic heterocycles. The average molecular weight is 226 g/mol. The molecule has 0 radical (unpaired) electrons. The minimum atomic E-state index is 0.0309. The average Bonchev–Trinajstić information content (AvgIpc) is 2.22. The van der Waals surface area contributed by atoms with Gasteiger partial charge in [0.2, 0.25) is 5.91 Å². The van der Waals surface area contributed by atoms with Crippen molar-refractivity contribution in [3.05, 3.63) is 28.8 Å². The molecular weight excluding hydrogens is 210 g/mol. The van der Waals surface area contributed by atoms with Crippen LogP contribution in [0.4, 0.5) is 5.69 Å². The molecule has 1 aromatic rings. The zero-order chi connectivity index (χ0) is 11.4. The zero-order valence-electron chi connectivity index (χ0n) is 9.30. The minimum Gasteiger partial charge on any atom is -0.326 e. The summed E-state index contributed by atoms with van der Waals surface area (Å²) in [4.78, 5) is 11.7. The van der Waals surface area contributed by atoms with Gasteiger partial charge in [-0.3, -0.25) is 4.79 Å². The van der Waals surface area contributed by atoms with Crippen molar-refractivity contribution in [2.24, 2.45) is 5.92 Å². The Labute approximate surface area is 95.6 Å². The molecule has 0 saturated carbocycles. The van der Waals surface area contributed by atoms with E-state index in [0.717, 1.165) is 17.7 Å². The number of anilines is 1. The Morgan fingerprint density at radius 1 is 1.53 bits per heavy atom. The summed E-state index contributed by atoms with van der Waals surface area (Å²) in [6.07, 6.45) is 0.839. The van der Waals surface area contributed by atoms with Crippen molar-refractivity contribution >= 4 is 23.2 Å². The summed E-state index contributed by atoms with van der Waals surface area (Å²) in [5.74, 6) is 0.0752. The lowest BCUT2D eigenvalue weighted by Gasteiger charge is -2.12. The van der Waals surface area contributed by atoms with Gasteiger partial charge in [-0.25, -0.2) is 0 Å². The van der Waals surface area contributed by atoms with Gasteiger partial charge in [0.05, 0.1) is 0 Å². The van der Waals surface area contributed by atoms with Crippen LogP contribution in [-0.4, -0.2) is 5.91 Å². The van der Waals surface area contributed by atoms with Gasteiger partial charge in [0, 0.05) is 16.6 Å². The Hall–Kier alpha value is -1.02. The molecule has 2 nitrogen and oxygen atoms in total. The number of halogens is 1. The molecule has 0 unspecified atom stereocenters. The van der Waals surface area contributed by atoms with Crippen LogP contribution in [-0.2, 0) is 4.79 Å². The number of carbonyl (C=O) groups is 1. The molecule has 15 heavy (non-hydrogen) atoms. The second-order valence-electron chi connectivity index (χ2n) is 3.76. The van der Waals surface area contributed by atoms with E-state index in [4.69, 9.17) is 11.6 Å². The van der Waals surface area contributed by atoms with E-state index >= 15 is 0 Å². The van der Waals surface area contributed by atoms with Crippen LogP contribution in [0.2, 0.25) is 5.02 Å². The number of hydrogen-bond donors (Lipinski definition) is 1. The third-order valence-electron chi connectivity index (χ3n) is 2.52. The molecule has 0 aliphatic carbocycles. The molecule has 0 spiro atoms. The molecule has 0 aromatic heterocycles. The van der Waals surface area contributed by atoms with E-state index < -0.39 is 0 Å². The zero-order valence-corrected chi connectivity index (χ0v) is 10.1. The second kappa shape index (κ2) is 5.17. The third kappa shape index (κ3) is 3.24. The van der Waals surface area contributed by atoms with E-state index in [9.17, 15) is 4.79 Å². The van der Waals surface area contributed by atoms with E-state index in [0.29, 0.717) is 5.02 Å². The number of benzene rings is 1. The second-order valence-corrected chi connectivity index (χ2v) is 4.19. The summed E-state index contributed by atoms with van der Waals surface area (Å²) in [5, 5.41) is 3.52. The van der Waals surface area contributed by atoms with Crippen LogP contribution >= 0.6 is 11.6 Å². The van der Waals surface area contributed by atoms with Crippen molar-refractivity contribution in [2.75, 3.05) is 5.32 Å². The highest BCUT2D eigenvalue weighted by Crippen LogP contribution is 2.20. The van der Waals surface area contributed by atoms with Crippen molar-refractivity contribution in [2.45, 2.75) is 27.2 Å². The standard InChI is InChI=1S/C12H16ClNO/c1-4-8(2)12(15)14-11-7-10(13)6-5-9(11)3/h5-8H,4H2,1-3H3,(H,14,15)/t8-/m0/s1. The minimum absolute atomic E-state index is 0.0309. The molecule has 0 fully saturated rings. The lowest BCUT2D eigenvalue weighted by molar-refractivity contribution is -0.119. The lowest BCUT2D eigenvalue weighted by atomic mass is 10.1. The largest absolute Gasteiger partial charge is 0.326 e. The van der Waals surface area contributed by atoms with Crippen molar-refractivity contribution < 1.29 is 4.79 Å². The molecule has 0 aliphatic rings. The van der Waals surface area contributed by atoms with E-state index in [2.05, 4.69) is 5.32 Å². The van der Waals surface area contributed by atoms with Gasteiger partial charge in [0.25, 0.3) is 0 Å². The van der Waals surface area contributed by atoms with Crippen molar-refractivity contribution in [1.29, 1.82) is 0 Å². The lowest BCUT2D eigenvalue weighted by Crippen LogP contribution is -2.20. The molecule has 3 heteroatoms. The van der Waals surface area contributed by atoms with E-state index in [1.54, 1.807) is 6.07 Å². The fraction of sp³-hybridized carbons (Fsp3) is 0.417. The van der Waals surface area contributed by atoms with Gasteiger partial charge in [-0.1, -0.05) is 31.5 Å². The molecule has 1 amide bonds. The summed E-state index contributed by atoms with van der Waals surface area (Å²) < 4.78 is 0. The normalized spacial score (nSPS) is 12.3. The quantitative estimate of drug-likeness (QED) is 0.836. The predicted molar refractivity (Wildman–Crippen MR) is 64.3 cm³/mol. The summed E-state index contributed by atoms with van der Waals surface area (Å²) >= 11 is 5.86. The highest BCUT2D eigenvalue weighted by Gasteiger charge is 2.11. The number of aryl methyl sites for hydroxylation is 1. The third-order valence-corrected chi connectivity index (χ3v) is 2.75. The Bertz CT molecular complexity index is 363. The van der Waals surface area contributed by atoms with Gasteiger partial charge in [-0.15, -0.1) is 0 Å². The number of amides is 1. The summed E-state index contributed by atoms with van der Waals surface area (Å²) in [5.41, 5.74) is 1.82. The molecule has 0 heterocycles. The van der Waals surface area contributed by atoms with Gasteiger partial charge in [-0.2, -0.15) is 0 Å². The first kappa shape index (κ1) is 12.1. The van der Waals surface area contributed by atoms with Crippen molar-refractivity contribution in [3.8, 4) is 0 Å². The molecule has 1 rings (SSSR count). The highest BCUT2D eigenvalue weighted by atomic mass is 35.5. The van der Waals surface area contributed by atoms with Crippen LogP contribution in [0.3, 0.4) is 0 Å². The Morgan fingerprint density at radius 2 is 2.20 bits per heavy atom. The first-order chi connectivity index (χ1) is 7.04. The summed E-state index contributed by atoms with van der Waals surface area (Å²) in [7, 11) is 0.